The van der Waals surface area contributed by atoms with Crippen LogP contribution in [0, 0.1) is 5.41 Å². The third-order valence-corrected chi connectivity index (χ3v) is 3.30. The predicted octanol–water partition coefficient (Wildman–Crippen LogP) is 1.51. The first-order valence-electron chi connectivity index (χ1n) is 7.08. The van der Waals surface area contributed by atoms with Crippen LogP contribution in [0.25, 0.3) is 0 Å². The Morgan fingerprint density at radius 3 is 2.41 bits per heavy atom. The van der Waals surface area contributed by atoms with Crippen molar-refractivity contribution in [1.29, 1.82) is 0 Å². The Morgan fingerprint density at radius 2 is 1.95 bits per heavy atom. The fraction of sp³-hybridized carbons (Fsp3) is 0.733. The summed E-state index contributed by atoms with van der Waals surface area (Å²) in [6.07, 6.45) is -1.30. The quantitative estimate of drug-likeness (QED) is 0.730. The van der Waals surface area contributed by atoms with Crippen molar-refractivity contribution in [2.75, 3.05) is 13.7 Å². The highest BCUT2D eigenvalue weighted by Crippen LogP contribution is 2.34. The third-order valence-electron chi connectivity index (χ3n) is 3.30. The van der Waals surface area contributed by atoms with Gasteiger partial charge in [-0.05, 0) is 34.6 Å². The van der Waals surface area contributed by atoms with Gasteiger partial charge in [0.05, 0.1) is 19.1 Å². The fourth-order valence-corrected chi connectivity index (χ4v) is 2.11. The van der Waals surface area contributed by atoms with Gasteiger partial charge in [0.1, 0.15) is 6.10 Å². The van der Waals surface area contributed by atoms with Crippen LogP contribution in [0.15, 0.2) is 11.5 Å². The van der Waals surface area contributed by atoms with Crippen molar-refractivity contribution in [1.82, 2.24) is 0 Å². The molecule has 0 aromatic heterocycles. The molecule has 0 aromatic carbocycles. The number of hydrogen-bond acceptors (Lipinski definition) is 7. The normalized spacial score (nSPS) is 27.8. The second-order valence-electron chi connectivity index (χ2n) is 6.73. The highest BCUT2D eigenvalue weighted by molar-refractivity contribution is 5.93. The molecule has 1 saturated heterocycles. The van der Waals surface area contributed by atoms with Gasteiger partial charge >= 0.3 is 11.9 Å². The van der Waals surface area contributed by atoms with Gasteiger partial charge in [0.15, 0.2) is 17.7 Å². The maximum absolute atomic E-state index is 12.0. The summed E-state index contributed by atoms with van der Waals surface area (Å²) in [5.41, 5.74) is -0.751. The van der Waals surface area contributed by atoms with Gasteiger partial charge in [-0.1, -0.05) is 0 Å². The van der Waals surface area contributed by atoms with E-state index in [9.17, 15) is 9.59 Å². The number of carbonyl (C=O) groups is 2. The van der Waals surface area contributed by atoms with Crippen LogP contribution in [0.3, 0.4) is 0 Å². The molecule has 2 aliphatic heterocycles. The lowest BCUT2D eigenvalue weighted by Gasteiger charge is -2.21. The molecular formula is C15H22O7. The molecule has 0 aliphatic carbocycles. The lowest BCUT2D eigenvalue weighted by Crippen LogP contribution is -2.33. The van der Waals surface area contributed by atoms with E-state index in [-0.39, 0.29) is 18.1 Å². The number of esters is 2. The fourth-order valence-electron chi connectivity index (χ4n) is 2.11. The second-order valence-corrected chi connectivity index (χ2v) is 6.73. The van der Waals surface area contributed by atoms with Crippen LogP contribution >= 0.6 is 0 Å². The largest absolute Gasteiger partial charge is 0.493 e. The summed E-state index contributed by atoms with van der Waals surface area (Å²) in [5.74, 6) is -2.12. The highest BCUT2D eigenvalue weighted by Gasteiger charge is 2.48. The average molecular weight is 314 g/mol. The van der Waals surface area contributed by atoms with E-state index in [1.165, 1.54) is 7.11 Å². The van der Waals surface area contributed by atoms with Gasteiger partial charge in [-0.3, -0.25) is 4.79 Å². The van der Waals surface area contributed by atoms with E-state index in [2.05, 4.69) is 0 Å². The Balaban J connectivity index is 2.22. The van der Waals surface area contributed by atoms with Crippen LogP contribution in [0.4, 0.5) is 0 Å². The zero-order valence-electron chi connectivity index (χ0n) is 13.7. The standard InChI is InChI=1S/C15H22O7/c1-14(2,3)13(17)21-11-10(18-6)9(20-12(11)16)8-7-19-15(4,5)22-8/h8-9H,7H2,1-6H3/t8-,9+/m0/s1. The summed E-state index contributed by atoms with van der Waals surface area (Å²) < 4.78 is 26.8. The van der Waals surface area contributed by atoms with Crippen LogP contribution in [0.2, 0.25) is 0 Å². The number of methoxy groups -OCH3 is 1. The van der Waals surface area contributed by atoms with Gasteiger partial charge < -0.3 is 23.7 Å². The summed E-state index contributed by atoms with van der Waals surface area (Å²) in [6.45, 7) is 8.85. The molecular weight excluding hydrogens is 292 g/mol. The second kappa shape index (κ2) is 5.55. The van der Waals surface area contributed by atoms with Crippen molar-refractivity contribution in [3.63, 3.8) is 0 Å². The lowest BCUT2D eigenvalue weighted by molar-refractivity contribution is -0.165. The molecule has 0 bridgehead atoms. The molecule has 1 fully saturated rings. The van der Waals surface area contributed by atoms with Gasteiger partial charge in [-0.15, -0.1) is 0 Å². The summed E-state index contributed by atoms with van der Waals surface area (Å²) in [6, 6.07) is 0. The summed E-state index contributed by atoms with van der Waals surface area (Å²) in [5, 5.41) is 0. The minimum atomic E-state index is -0.790. The maximum Gasteiger partial charge on any atom is 0.378 e. The van der Waals surface area contributed by atoms with Crippen LogP contribution in [-0.4, -0.2) is 43.7 Å². The predicted molar refractivity (Wildman–Crippen MR) is 74.4 cm³/mol. The summed E-state index contributed by atoms with van der Waals surface area (Å²) in [7, 11) is 1.39. The van der Waals surface area contributed by atoms with Crippen molar-refractivity contribution < 1.29 is 33.3 Å². The molecule has 2 atom stereocenters. The van der Waals surface area contributed by atoms with Crippen molar-refractivity contribution in [2.45, 2.75) is 52.6 Å². The molecule has 0 N–H and O–H groups in total. The molecule has 2 aliphatic rings. The summed E-state index contributed by atoms with van der Waals surface area (Å²) in [4.78, 5) is 24.0. The molecule has 7 heteroatoms. The van der Waals surface area contributed by atoms with Gasteiger partial charge in [-0.25, -0.2) is 4.79 Å². The average Bonchev–Trinajstić information content (AvgIpc) is 2.89. The van der Waals surface area contributed by atoms with Crippen LogP contribution in [0.1, 0.15) is 34.6 Å². The molecule has 22 heavy (non-hydrogen) atoms. The number of rotatable bonds is 3. The van der Waals surface area contributed by atoms with Crippen molar-refractivity contribution in [2.24, 2.45) is 5.41 Å². The van der Waals surface area contributed by atoms with Crippen molar-refractivity contribution >= 4 is 11.9 Å². The van der Waals surface area contributed by atoms with E-state index in [4.69, 9.17) is 23.7 Å². The first kappa shape index (κ1) is 16.8. The van der Waals surface area contributed by atoms with E-state index < -0.39 is 35.3 Å². The molecule has 7 nitrogen and oxygen atoms in total. The maximum atomic E-state index is 12.0. The highest BCUT2D eigenvalue weighted by atomic mass is 16.8. The van der Waals surface area contributed by atoms with E-state index in [1.807, 2.05) is 0 Å². The van der Waals surface area contributed by atoms with E-state index in [0.29, 0.717) is 0 Å². The zero-order valence-corrected chi connectivity index (χ0v) is 13.7. The Bertz CT molecular complexity index is 512. The van der Waals surface area contributed by atoms with E-state index in [1.54, 1.807) is 34.6 Å². The Morgan fingerprint density at radius 1 is 1.32 bits per heavy atom. The van der Waals surface area contributed by atoms with Crippen LogP contribution in [-0.2, 0) is 33.3 Å². The molecule has 2 heterocycles. The van der Waals surface area contributed by atoms with Crippen molar-refractivity contribution in [3.8, 4) is 0 Å². The van der Waals surface area contributed by atoms with Gasteiger partial charge in [0, 0.05) is 0 Å². The Kier molecular flexibility index (Phi) is 4.23. The van der Waals surface area contributed by atoms with Crippen LogP contribution < -0.4 is 0 Å². The minimum absolute atomic E-state index is 0.147. The molecule has 0 radical (unpaired) electrons. The number of hydrogen-bond donors (Lipinski definition) is 0. The lowest BCUT2D eigenvalue weighted by atomic mass is 9.97. The Labute approximate surface area is 129 Å². The SMILES string of the molecule is COC1=C(OC(=O)C(C)(C)C)C(=O)O[C@@H]1[C@@H]1COC(C)(C)O1. The summed E-state index contributed by atoms with van der Waals surface area (Å²) >= 11 is 0. The van der Waals surface area contributed by atoms with Crippen LogP contribution in [0.5, 0.6) is 0 Å². The molecule has 0 aromatic rings. The zero-order chi connectivity index (χ0) is 16.7. The first-order valence-corrected chi connectivity index (χ1v) is 7.08. The molecule has 124 valence electrons. The van der Waals surface area contributed by atoms with Crippen molar-refractivity contribution in [3.05, 3.63) is 11.5 Å². The topological polar surface area (TPSA) is 80.3 Å². The van der Waals surface area contributed by atoms with Gasteiger partial charge in [0.25, 0.3) is 5.76 Å². The monoisotopic (exact) mass is 314 g/mol. The van der Waals surface area contributed by atoms with Gasteiger partial charge in [-0.2, -0.15) is 0 Å². The third kappa shape index (κ3) is 3.25. The van der Waals surface area contributed by atoms with Gasteiger partial charge in [0.2, 0.25) is 0 Å². The number of carbonyl (C=O) groups excluding carboxylic acids is 2. The minimum Gasteiger partial charge on any atom is -0.493 e. The molecule has 0 amide bonds. The molecule has 0 saturated carbocycles. The Hall–Kier alpha value is -1.60. The first-order chi connectivity index (χ1) is 10.0. The van der Waals surface area contributed by atoms with E-state index >= 15 is 0 Å². The number of ether oxygens (including phenoxy) is 5. The number of cyclic esters (lactones) is 1. The molecule has 0 spiro atoms. The molecule has 2 rings (SSSR count). The van der Waals surface area contributed by atoms with E-state index in [0.717, 1.165) is 0 Å². The smallest absolute Gasteiger partial charge is 0.378 e. The molecule has 0 unspecified atom stereocenters.